The Balaban J connectivity index is -0.0000000933. The van der Waals surface area contributed by atoms with Gasteiger partial charge in [0, 0.05) is 31.7 Å². The van der Waals surface area contributed by atoms with Crippen LogP contribution in [0.2, 0.25) is 0 Å². The van der Waals surface area contributed by atoms with Crippen LogP contribution in [0, 0.1) is 0 Å². The van der Waals surface area contributed by atoms with E-state index in [4.69, 9.17) is 10.2 Å². The molecule has 0 atom stereocenters. The van der Waals surface area contributed by atoms with Crippen LogP contribution in [0.5, 0.6) is 0 Å². The van der Waals surface area contributed by atoms with Crippen LogP contribution in [0.4, 0.5) is 0 Å². The molecule has 2 N–H and O–H groups in total. The van der Waals surface area contributed by atoms with Gasteiger partial charge in [0.1, 0.15) is 5.60 Å². The molecule has 10 nitrogen and oxygen atoms in total. The summed E-state index contributed by atoms with van der Waals surface area (Å²) in [5.74, 6) is -8.19. The molecule has 0 heterocycles. The Kier molecular flexibility index (Phi) is 25.3. The van der Waals surface area contributed by atoms with E-state index in [-0.39, 0.29) is 88.7 Å². The van der Waals surface area contributed by atoms with Gasteiger partial charge < -0.3 is 39.9 Å². The van der Waals surface area contributed by atoms with Crippen molar-refractivity contribution in [2.24, 2.45) is 0 Å². The van der Waals surface area contributed by atoms with Crippen molar-refractivity contribution in [2.45, 2.75) is 25.4 Å². The summed E-state index contributed by atoms with van der Waals surface area (Å²) in [7, 11) is 0. The number of Topliss-reactive ketones (excluding diaryl/α,β-unsaturated/α-hetero) is 1. The Labute approximate surface area is 191 Å². The molecule has 0 rings (SSSR count). The number of carbonyl (C=O) groups excluding carboxylic acids is 4. The molecular formula is C9H9Na3O10. The molecule has 0 aliphatic heterocycles. The zero-order valence-electron chi connectivity index (χ0n) is 12.6. The smallest absolute Gasteiger partial charge is 0.550 e. The maximum absolute atomic E-state index is 10.1. The van der Waals surface area contributed by atoms with E-state index in [0.29, 0.717) is 0 Å². The first kappa shape index (κ1) is 34.0. The Morgan fingerprint density at radius 1 is 0.864 bits per heavy atom. The number of aliphatic hydroxyl groups is 1. The van der Waals surface area contributed by atoms with E-state index < -0.39 is 48.1 Å². The topological polar surface area (TPSA) is 195 Å². The van der Waals surface area contributed by atoms with Gasteiger partial charge in [-0.15, -0.1) is 0 Å². The molecule has 0 amide bonds. The molecule has 0 saturated heterocycles. The summed E-state index contributed by atoms with van der Waals surface area (Å²) in [5.41, 5.74) is -2.97. The largest absolute Gasteiger partial charge is 1.00 e. The van der Waals surface area contributed by atoms with E-state index >= 15 is 0 Å². The molecule has 13 heteroatoms. The fraction of sp³-hybridized carbons (Fsp3) is 0.444. The van der Waals surface area contributed by atoms with Gasteiger partial charge in [0.25, 0.3) is 0 Å². The van der Waals surface area contributed by atoms with Gasteiger partial charge in [0.2, 0.25) is 5.78 Å². The summed E-state index contributed by atoms with van der Waals surface area (Å²) >= 11 is 0. The molecule has 0 aliphatic carbocycles. The number of hydrogen-bond acceptors (Lipinski definition) is 9. The maximum Gasteiger partial charge on any atom is 1.00 e. The molecule has 0 spiro atoms. The van der Waals surface area contributed by atoms with E-state index in [0.717, 1.165) is 6.92 Å². The average molecular weight is 346 g/mol. The molecule has 0 aliphatic rings. The standard InChI is InChI=1S/C6H8O7.C3H4O3.3Na/c7-3(8)1-6(13,5(11)12)2-4(9)10;1-2(4)3(5)6;;;/h13H,1-2H2,(H,7,8)(H,9,10)(H,11,12);1H3,(H,5,6);;;/q;;3*+1/p-3. The van der Waals surface area contributed by atoms with Gasteiger partial charge in [0.15, 0.2) is 0 Å². The number of carboxylic acid groups (broad SMARTS) is 4. The quantitative estimate of drug-likeness (QED) is 0.344. The van der Waals surface area contributed by atoms with Crippen molar-refractivity contribution in [3.05, 3.63) is 0 Å². The SMILES string of the molecule is CC(=O)C(=O)O.O=C([O-])CC(O)(CC(=O)[O-])C(=O)[O-].[Na+].[Na+].[Na+]. The minimum absolute atomic E-state index is 0. The number of aliphatic carboxylic acids is 4. The predicted molar refractivity (Wildman–Crippen MR) is 47.5 cm³/mol. The predicted octanol–water partition coefficient (Wildman–Crippen LogP) is -14.6. The second kappa shape index (κ2) is 16.4. The number of carboxylic acids is 4. The molecule has 0 bridgehead atoms. The van der Waals surface area contributed by atoms with Crippen LogP contribution in [0.15, 0.2) is 0 Å². The first-order chi connectivity index (χ1) is 8.42. The Morgan fingerprint density at radius 2 is 1.09 bits per heavy atom. The molecular weight excluding hydrogens is 337 g/mol. The minimum atomic E-state index is -2.97. The fourth-order valence-electron chi connectivity index (χ4n) is 0.684. The van der Waals surface area contributed by atoms with Gasteiger partial charge >= 0.3 is 94.6 Å². The fourth-order valence-corrected chi connectivity index (χ4v) is 0.684. The summed E-state index contributed by atoms with van der Waals surface area (Å²) < 4.78 is 0. The number of carbonyl (C=O) groups is 5. The van der Waals surface area contributed by atoms with Gasteiger partial charge in [0.05, 0.1) is 5.97 Å². The molecule has 0 saturated carbocycles. The monoisotopic (exact) mass is 346 g/mol. The molecule has 108 valence electrons. The Hall–Kier alpha value is 0.510. The Bertz CT molecular complexity index is 380. The number of hydrogen-bond donors (Lipinski definition) is 2. The number of ketones is 1. The van der Waals surface area contributed by atoms with Crippen LogP contribution in [-0.4, -0.2) is 45.5 Å². The van der Waals surface area contributed by atoms with Crippen molar-refractivity contribution in [2.75, 3.05) is 0 Å². The van der Waals surface area contributed by atoms with Crippen LogP contribution < -0.4 is 104 Å². The van der Waals surface area contributed by atoms with E-state index in [1.165, 1.54) is 0 Å². The first-order valence-corrected chi connectivity index (χ1v) is 4.49. The summed E-state index contributed by atoms with van der Waals surface area (Å²) in [5, 5.41) is 46.6. The van der Waals surface area contributed by atoms with Crippen LogP contribution >= 0.6 is 0 Å². The third kappa shape index (κ3) is 18.6. The zero-order chi connectivity index (χ0) is 15.8. The molecule has 0 unspecified atom stereocenters. The van der Waals surface area contributed by atoms with Crippen LogP contribution in [0.25, 0.3) is 0 Å². The molecule has 22 heavy (non-hydrogen) atoms. The summed E-state index contributed by atoms with van der Waals surface area (Å²) in [6, 6.07) is 0. The van der Waals surface area contributed by atoms with Crippen LogP contribution in [-0.2, 0) is 24.0 Å². The van der Waals surface area contributed by atoms with Crippen molar-refractivity contribution < 1.29 is 138 Å². The molecule has 0 radical (unpaired) electrons. The van der Waals surface area contributed by atoms with Crippen molar-refractivity contribution in [3.63, 3.8) is 0 Å². The van der Waals surface area contributed by atoms with Crippen molar-refractivity contribution >= 4 is 29.7 Å². The molecule has 0 aromatic carbocycles. The van der Waals surface area contributed by atoms with Gasteiger partial charge in [-0.3, -0.25) is 4.79 Å². The van der Waals surface area contributed by atoms with E-state index in [1.807, 2.05) is 0 Å². The third-order valence-corrected chi connectivity index (χ3v) is 1.55. The van der Waals surface area contributed by atoms with Gasteiger partial charge in [-0.2, -0.15) is 0 Å². The second-order valence-corrected chi connectivity index (χ2v) is 3.28. The maximum atomic E-state index is 10.1. The van der Waals surface area contributed by atoms with Crippen LogP contribution in [0.3, 0.4) is 0 Å². The van der Waals surface area contributed by atoms with Crippen LogP contribution in [0.1, 0.15) is 19.8 Å². The number of rotatable bonds is 6. The first-order valence-electron chi connectivity index (χ1n) is 4.49. The Morgan fingerprint density at radius 3 is 1.18 bits per heavy atom. The summed E-state index contributed by atoms with van der Waals surface area (Å²) in [6.45, 7) is 1.00. The molecule has 0 aromatic heterocycles. The molecule has 0 aromatic rings. The van der Waals surface area contributed by atoms with E-state index in [1.54, 1.807) is 0 Å². The van der Waals surface area contributed by atoms with Gasteiger partial charge in [-0.1, -0.05) is 0 Å². The average Bonchev–Trinajstić information content (AvgIpc) is 2.14. The van der Waals surface area contributed by atoms with Crippen molar-refractivity contribution in [1.82, 2.24) is 0 Å². The van der Waals surface area contributed by atoms with Gasteiger partial charge in [-0.05, 0) is 0 Å². The normalized spacial score (nSPS) is 8.45. The molecule has 0 fully saturated rings. The minimum Gasteiger partial charge on any atom is -0.550 e. The zero-order valence-corrected chi connectivity index (χ0v) is 18.6. The van der Waals surface area contributed by atoms with E-state index in [9.17, 15) is 39.3 Å². The van der Waals surface area contributed by atoms with E-state index in [2.05, 4.69) is 0 Å². The van der Waals surface area contributed by atoms with Crippen molar-refractivity contribution in [3.8, 4) is 0 Å². The van der Waals surface area contributed by atoms with Crippen molar-refractivity contribution in [1.29, 1.82) is 0 Å². The summed E-state index contributed by atoms with van der Waals surface area (Å²) in [6.07, 6.45) is -2.72. The third-order valence-electron chi connectivity index (χ3n) is 1.55. The second-order valence-electron chi connectivity index (χ2n) is 3.28. The summed E-state index contributed by atoms with van der Waals surface area (Å²) in [4.78, 5) is 48.9. The van der Waals surface area contributed by atoms with Gasteiger partial charge in [-0.25, -0.2) is 4.79 Å².